The molecule has 22 heavy (non-hydrogen) atoms. The Kier molecular flexibility index (Phi) is 5.20. The molecule has 1 unspecified atom stereocenters. The Labute approximate surface area is 134 Å². The van der Waals surface area contributed by atoms with Gasteiger partial charge >= 0.3 is 5.97 Å². The lowest BCUT2D eigenvalue weighted by Gasteiger charge is -2.24. The number of nitrogens with zero attached hydrogens (tertiary/aromatic N) is 2. The molecular weight excluding hydrogens is 304 g/mol. The van der Waals surface area contributed by atoms with Crippen LogP contribution in [0.1, 0.15) is 27.0 Å². The molecule has 7 heteroatoms. The molecule has 2 heterocycles. The number of likely N-dealkylation sites (tertiary alicyclic amines) is 1. The second-order valence-electron chi connectivity index (χ2n) is 5.72. The van der Waals surface area contributed by atoms with Crippen molar-refractivity contribution in [1.29, 1.82) is 0 Å². The molecule has 0 saturated carbocycles. The molecule has 0 bridgehead atoms. The zero-order valence-corrected chi connectivity index (χ0v) is 13.9. The van der Waals surface area contributed by atoms with Crippen molar-refractivity contribution in [3.05, 3.63) is 21.4 Å². The molecule has 122 valence electrons. The van der Waals surface area contributed by atoms with E-state index in [4.69, 9.17) is 5.11 Å². The number of carboxylic acids is 1. The summed E-state index contributed by atoms with van der Waals surface area (Å²) in [7, 11) is 1.65. The predicted octanol–water partition coefficient (Wildman–Crippen LogP) is 0.821. The molecule has 6 nitrogen and oxygen atoms in total. The number of likely N-dealkylation sites (N-methyl/N-ethyl adjacent to an activating group) is 1. The summed E-state index contributed by atoms with van der Waals surface area (Å²) in [5.41, 5.74) is 1.12. The van der Waals surface area contributed by atoms with Crippen molar-refractivity contribution in [3.63, 3.8) is 0 Å². The number of carboxylic acid groups (broad SMARTS) is 1. The number of carbonyl (C=O) groups is 2. The molecule has 1 aromatic heterocycles. The van der Waals surface area contributed by atoms with Gasteiger partial charge in [0.05, 0.1) is 23.6 Å². The molecule has 1 amide bonds. The van der Waals surface area contributed by atoms with Gasteiger partial charge in [-0.05, 0) is 32.0 Å². The summed E-state index contributed by atoms with van der Waals surface area (Å²) in [6.45, 7) is 4.49. The lowest BCUT2D eigenvalue weighted by atomic mass is 10.2. The van der Waals surface area contributed by atoms with E-state index in [1.54, 1.807) is 16.8 Å². The molecule has 1 fully saturated rings. The highest BCUT2D eigenvalue weighted by atomic mass is 32.1. The highest BCUT2D eigenvalue weighted by molar-refractivity contribution is 7.14. The second-order valence-corrected chi connectivity index (χ2v) is 6.86. The van der Waals surface area contributed by atoms with Crippen molar-refractivity contribution in [2.75, 3.05) is 26.7 Å². The molecule has 1 aliphatic rings. The normalized spacial score (nSPS) is 21.6. The fourth-order valence-electron chi connectivity index (χ4n) is 2.83. The first-order chi connectivity index (χ1) is 10.3. The van der Waals surface area contributed by atoms with E-state index in [0.717, 1.165) is 12.0 Å². The van der Waals surface area contributed by atoms with Crippen molar-refractivity contribution >= 4 is 23.2 Å². The smallest absolute Gasteiger partial charge is 0.317 e. The van der Waals surface area contributed by atoms with Gasteiger partial charge in [-0.25, -0.2) is 0 Å². The summed E-state index contributed by atoms with van der Waals surface area (Å²) < 4.78 is 0. The third kappa shape index (κ3) is 3.48. The average Bonchev–Trinajstić information content (AvgIpc) is 3.00. The highest BCUT2D eigenvalue weighted by Gasteiger charge is 2.37. The van der Waals surface area contributed by atoms with Crippen LogP contribution in [0.25, 0.3) is 0 Å². The predicted molar refractivity (Wildman–Crippen MR) is 84.4 cm³/mol. The van der Waals surface area contributed by atoms with Crippen molar-refractivity contribution in [2.45, 2.75) is 32.4 Å². The number of carbonyl (C=O) groups excluding carboxylic acids is 1. The molecule has 2 atom stereocenters. The number of β-amino-alcohol motifs (C(OH)–C–C–N with tert-alkyl or cyclic N) is 1. The first kappa shape index (κ1) is 16.9. The van der Waals surface area contributed by atoms with Crippen molar-refractivity contribution in [1.82, 2.24) is 9.80 Å². The lowest BCUT2D eigenvalue weighted by Crippen LogP contribution is -2.43. The number of hydrogen-bond donors (Lipinski definition) is 2. The Morgan fingerprint density at radius 2 is 2.14 bits per heavy atom. The maximum Gasteiger partial charge on any atom is 0.317 e. The average molecular weight is 326 g/mol. The van der Waals surface area contributed by atoms with Gasteiger partial charge in [0.15, 0.2) is 0 Å². The molecule has 2 N–H and O–H groups in total. The van der Waals surface area contributed by atoms with Gasteiger partial charge in [-0.2, -0.15) is 0 Å². The van der Waals surface area contributed by atoms with E-state index >= 15 is 0 Å². The van der Waals surface area contributed by atoms with Crippen molar-refractivity contribution in [3.8, 4) is 0 Å². The van der Waals surface area contributed by atoms with Gasteiger partial charge < -0.3 is 15.1 Å². The summed E-state index contributed by atoms with van der Waals surface area (Å²) >= 11 is 1.50. The van der Waals surface area contributed by atoms with E-state index in [0.29, 0.717) is 11.4 Å². The Balaban J connectivity index is 2.07. The van der Waals surface area contributed by atoms with Gasteiger partial charge in [0.25, 0.3) is 5.91 Å². The summed E-state index contributed by atoms with van der Waals surface area (Å²) in [6, 6.07) is 1.55. The van der Waals surface area contributed by atoms with E-state index in [2.05, 4.69) is 6.92 Å². The maximum absolute atomic E-state index is 12.6. The topological polar surface area (TPSA) is 81.1 Å². The fourth-order valence-corrected chi connectivity index (χ4v) is 3.91. The number of aryl methyl sites for hydroxylation is 2. The molecule has 0 aromatic carbocycles. The number of aliphatic hydroxyl groups excluding tert-OH is 1. The molecule has 0 spiro atoms. The molecule has 1 aromatic rings. The molecule has 2 rings (SSSR count). The summed E-state index contributed by atoms with van der Waals surface area (Å²) in [6.07, 6.45) is 0.177. The first-order valence-corrected chi connectivity index (χ1v) is 8.13. The van der Waals surface area contributed by atoms with Gasteiger partial charge in [-0.3, -0.25) is 14.5 Å². The number of thiophene rings is 1. The summed E-state index contributed by atoms with van der Waals surface area (Å²) in [4.78, 5) is 28.4. The van der Waals surface area contributed by atoms with Crippen LogP contribution in [0.4, 0.5) is 0 Å². The molecule has 0 aliphatic carbocycles. The molecule has 0 radical (unpaired) electrons. The van der Waals surface area contributed by atoms with Crippen molar-refractivity contribution in [2.24, 2.45) is 0 Å². The van der Waals surface area contributed by atoms with Crippen LogP contribution < -0.4 is 0 Å². The van der Waals surface area contributed by atoms with Crippen LogP contribution in [-0.2, 0) is 11.2 Å². The highest BCUT2D eigenvalue weighted by Crippen LogP contribution is 2.26. The summed E-state index contributed by atoms with van der Waals surface area (Å²) in [5, 5.41) is 19.0. The van der Waals surface area contributed by atoms with Gasteiger partial charge in [-0.1, -0.05) is 6.92 Å². The van der Waals surface area contributed by atoms with Gasteiger partial charge in [-0.15, -0.1) is 11.3 Å². The monoisotopic (exact) mass is 326 g/mol. The SMILES string of the molecule is CCc1sc(C(=O)N2CC(N(C)CC(=O)O)[C@H](O)C2)cc1C. The zero-order chi connectivity index (χ0) is 16.4. The van der Waals surface area contributed by atoms with E-state index in [9.17, 15) is 14.7 Å². The van der Waals surface area contributed by atoms with Crippen LogP contribution in [0.5, 0.6) is 0 Å². The Bertz CT molecular complexity index is 572. The molecular formula is C15H22N2O4S. The Morgan fingerprint density at radius 3 is 2.68 bits per heavy atom. The van der Waals surface area contributed by atoms with E-state index in [-0.39, 0.29) is 25.0 Å². The van der Waals surface area contributed by atoms with E-state index < -0.39 is 12.1 Å². The summed E-state index contributed by atoms with van der Waals surface area (Å²) in [5.74, 6) is -1.03. The van der Waals surface area contributed by atoms with Gasteiger partial charge in [0.2, 0.25) is 0 Å². The van der Waals surface area contributed by atoms with Crippen LogP contribution in [0.15, 0.2) is 6.07 Å². The lowest BCUT2D eigenvalue weighted by molar-refractivity contribution is -0.138. The van der Waals surface area contributed by atoms with E-state index in [1.807, 2.05) is 13.0 Å². The second kappa shape index (κ2) is 6.76. The van der Waals surface area contributed by atoms with Crippen LogP contribution in [0.2, 0.25) is 0 Å². The van der Waals surface area contributed by atoms with Gasteiger partial charge in [0, 0.05) is 18.0 Å². The molecule has 1 aliphatic heterocycles. The van der Waals surface area contributed by atoms with Gasteiger partial charge in [0.1, 0.15) is 0 Å². The number of amides is 1. The van der Waals surface area contributed by atoms with Crippen LogP contribution in [-0.4, -0.2) is 70.7 Å². The van der Waals surface area contributed by atoms with Crippen LogP contribution >= 0.6 is 11.3 Å². The van der Waals surface area contributed by atoms with Crippen molar-refractivity contribution < 1.29 is 19.8 Å². The minimum Gasteiger partial charge on any atom is -0.480 e. The number of hydrogen-bond acceptors (Lipinski definition) is 5. The minimum atomic E-state index is -0.944. The Morgan fingerprint density at radius 1 is 1.45 bits per heavy atom. The zero-order valence-electron chi connectivity index (χ0n) is 13.1. The fraction of sp³-hybridized carbons (Fsp3) is 0.600. The third-order valence-electron chi connectivity index (χ3n) is 4.05. The number of rotatable bonds is 5. The number of aliphatic hydroxyl groups is 1. The molecule has 1 saturated heterocycles. The quantitative estimate of drug-likeness (QED) is 0.837. The maximum atomic E-state index is 12.6. The Hall–Kier alpha value is -1.44. The third-order valence-corrected chi connectivity index (χ3v) is 5.42. The van der Waals surface area contributed by atoms with Crippen LogP contribution in [0.3, 0.4) is 0 Å². The number of aliphatic carboxylic acids is 1. The van der Waals surface area contributed by atoms with Crippen LogP contribution in [0, 0.1) is 6.92 Å². The first-order valence-electron chi connectivity index (χ1n) is 7.32. The minimum absolute atomic E-state index is 0.0851. The van der Waals surface area contributed by atoms with E-state index in [1.165, 1.54) is 16.2 Å². The largest absolute Gasteiger partial charge is 0.480 e. The standard InChI is InChI=1S/C15H22N2O4S/c1-4-12-9(2)5-13(22-12)15(21)17-6-10(11(18)7-17)16(3)8-14(19)20/h5,10-11,18H,4,6-8H2,1-3H3,(H,19,20)/t10?,11-/m1/s1.